The van der Waals surface area contributed by atoms with Crippen LogP contribution in [0.4, 0.5) is 0 Å². The van der Waals surface area contributed by atoms with Gasteiger partial charge < -0.3 is 15.4 Å². The van der Waals surface area contributed by atoms with Gasteiger partial charge in [0.05, 0.1) is 22.5 Å². The van der Waals surface area contributed by atoms with Gasteiger partial charge in [0.2, 0.25) is 0 Å². The molecule has 0 saturated carbocycles. The van der Waals surface area contributed by atoms with Crippen LogP contribution < -0.4 is 10.9 Å². The van der Waals surface area contributed by atoms with Crippen molar-refractivity contribution in [2.45, 2.75) is 20.3 Å². The SMILES string of the molecule is CCC(CNC(=O)c1sc2nc[nH]c(=O)c2c1C)C(=O)O. The van der Waals surface area contributed by atoms with Crippen molar-refractivity contribution in [2.24, 2.45) is 5.92 Å². The lowest BCUT2D eigenvalue weighted by Gasteiger charge is -2.10. The Bertz CT molecular complexity index is 749. The number of nitrogens with one attached hydrogen (secondary N) is 2. The largest absolute Gasteiger partial charge is 0.481 e. The molecule has 1 amide bonds. The zero-order valence-electron chi connectivity index (χ0n) is 11.6. The monoisotopic (exact) mass is 309 g/mol. The molecule has 1 unspecified atom stereocenters. The first-order chi connectivity index (χ1) is 9.95. The Morgan fingerprint density at radius 3 is 2.81 bits per heavy atom. The van der Waals surface area contributed by atoms with E-state index < -0.39 is 11.9 Å². The van der Waals surface area contributed by atoms with Crippen LogP contribution in [-0.4, -0.2) is 33.5 Å². The Labute approximate surface area is 124 Å². The highest BCUT2D eigenvalue weighted by Crippen LogP contribution is 2.26. The average Bonchev–Trinajstić information content (AvgIpc) is 2.77. The number of thiophene rings is 1. The van der Waals surface area contributed by atoms with Gasteiger partial charge in [-0.1, -0.05) is 6.92 Å². The molecule has 0 aromatic carbocycles. The molecule has 0 bridgehead atoms. The van der Waals surface area contributed by atoms with Crippen molar-refractivity contribution in [3.8, 4) is 0 Å². The number of carbonyl (C=O) groups is 2. The first-order valence-corrected chi connectivity index (χ1v) is 7.25. The van der Waals surface area contributed by atoms with E-state index in [9.17, 15) is 14.4 Å². The fourth-order valence-corrected chi connectivity index (χ4v) is 3.06. The van der Waals surface area contributed by atoms with Gasteiger partial charge in [-0.05, 0) is 18.9 Å². The summed E-state index contributed by atoms with van der Waals surface area (Å²) in [5.74, 6) is -1.94. The van der Waals surface area contributed by atoms with Gasteiger partial charge in [0.25, 0.3) is 11.5 Å². The molecule has 3 N–H and O–H groups in total. The maximum absolute atomic E-state index is 12.2. The molecule has 0 saturated heterocycles. The summed E-state index contributed by atoms with van der Waals surface area (Å²) in [5.41, 5.74) is 0.273. The predicted octanol–water partition coefficient (Wildman–Crippen LogP) is 1.13. The molecule has 8 heteroatoms. The van der Waals surface area contributed by atoms with Crippen molar-refractivity contribution >= 4 is 33.4 Å². The highest BCUT2D eigenvalue weighted by molar-refractivity contribution is 7.20. The molecule has 2 heterocycles. The standard InChI is InChI=1S/C13H15N3O4S/c1-3-7(13(19)20)4-14-11(18)9-6(2)8-10(17)15-5-16-12(8)21-9/h5,7H,3-4H2,1-2H3,(H,14,18)(H,19,20)(H,15,16,17). The maximum atomic E-state index is 12.2. The molecule has 0 radical (unpaired) electrons. The van der Waals surface area contributed by atoms with Gasteiger partial charge >= 0.3 is 5.97 Å². The lowest BCUT2D eigenvalue weighted by atomic mass is 10.1. The highest BCUT2D eigenvalue weighted by atomic mass is 32.1. The van der Waals surface area contributed by atoms with Crippen molar-refractivity contribution in [3.05, 3.63) is 27.1 Å². The van der Waals surface area contributed by atoms with E-state index in [4.69, 9.17) is 5.11 Å². The molecule has 0 aliphatic rings. The number of rotatable bonds is 5. The number of carboxylic acids is 1. The molecule has 1 atom stereocenters. The minimum atomic E-state index is -0.941. The second-order valence-electron chi connectivity index (χ2n) is 4.62. The van der Waals surface area contributed by atoms with Crippen LogP contribution in [0.25, 0.3) is 10.2 Å². The molecule has 0 aliphatic carbocycles. The van der Waals surface area contributed by atoms with Crippen LogP contribution in [0.1, 0.15) is 28.6 Å². The minimum Gasteiger partial charge on any atom is -0.481 e. The number of hydrogen-bond acceptors (Lipinski definition) is 5. The molecule has 0 aliphatic heterocycles. The lowest BCUT2D eigenvalue weighted by Crippen LogP contribution is -2.32. The van der Waals surface area contributed by atoms with Crippen LogP contribution in [0.15, 0.2) is 11.1 Å². The summed E-state index contributed by atoms with van der Waals surface area (Å²) in [6.45, 7) is 3.49. The summed E-state index contributed by atoms with van der Waals surface area (Å²) >= 11 is 1.12. The van der Waals surface area contributed by atoms with Crippen LogP contribution in [0, 0.1) is 12.8 Å². The molecule has 2 aromatic rings. The van der Waals surface area contributed by atoms with Crippen molar-refractivity contribution in [1.29, 1.82) is 0 Å². The molecule has 2 aromatic heterocycles. The number of aromatic amines is 1. The Morgan fingerprint density at radius 2 is 2.24 bits per heavy atom. The number of aromatic nitrogens is 2. The first-order valence-electron chi connectivity index (χ1n) is 6.43. The van der Waals surface area contributed by atoms with Gasteiger partial charge in [0.1, 0.15) is 4.83 Å². The minimum absolute atomic E-state index is 0.0577. The van der Waals surface area contributed by atoms with Gasteiger partial charge in [-0.25, -0.2) is 4.98 Å². The van der Waals surface area contributed by atoms with E-state index in [2.05, 4.69) is 15.3 Å². The van der Waals surface area contributed by atoms with Crippen LogP contribution in [0.5, 0.6) is 0 Å². The number of carboxylic acid groups (broad SMARTS) is 1. The summed E-state index contributed by atoms with van der Waals surface area (Å²) in [6.07, 6.45) is 1.72. The van der Waals surface area contributed by atoms with E-state index >= 15 is 0 Å². The Hall–Kier alpha value is -2.22. The second-order valence-corrected chi connectivity index (χ2v) is 5.62. The van der Waals surface area contributed by atoms with E-state index in [0.29, 0.717) is 27.1 Å². The smallest absolute Gasteiger partial charge is 0.308 e. The Kier molecular flexibility index (Phi) is 4.37. The third kappa shape index (κ3) is 2.94. The third-order valence-electron chi connectivity index (χ3n) is 3.29. The topological polar surface area (TPSA) is 112 Å². The van der Waals surface area contributed by atoms with E-state index in [-0.39, 0.29) is 18.0 Å². The van der Waals surface area contributed by atoms with Gasteiger partial charge in [0, 0.05) is 6.54 Å². The number of aliphatic carboxylic acids is 1. The number of nitrogens with zero attached hydrogens (tertiary/aromatic N) is 1. The van der Waals surface area contributed by atoms with E-state index in [1.807, 2.05) is 0 Å². The molecule has 21 heavy (non-hydrogen) atoms. The van der Waals surface area contributed by atoms with Crippen molar-refractivity contribution in [2.75, 3.05) is 6.54 Å². The summed E-state index contributed by atoms with van der Waals surface area (Å²) in [7, 11) is 0. The fraction of sp³-hybridized carbons (Fsp3) is 0.385. The van der Waals surface area contributed by atoms with Gasteiger partial charge in [-0.3, -0.25) is 14.4 Å². The van der Waals surface area contributed by atoms with E-state index in [0.717, 1.165) is 11.3 Å². The predicted molar refractivity (Wildman–Crippen MR) is 78.7 cm³/mol. The first kappa shape index (κ1) is 15.2. The third-order valence-corrected chi connectivity index (χ3v) is 4.49. The summed E-state index contributed by atoms with van der Waals surface area (Å²) < 4.78 is 0. The van der Waals surface area contributed by atoms with Gasteiger partial charge in [-0.2, -0.15) is 0 Å². The second kappa shape index (κ2) is 6.04. The van der Waals surface area contributed by atoms with Gasteiger partial charge in [-0.15, -0.1) is 11.3 Å². The normalized spacial score (nSPS) is 12.3. The molecule has 2 rings (SSSR count). The van der Waals surface area contributed by atoms with Crippen LogP contribution >= 0.6 is 11.3 Å². The Balaban J connectivity index is 2.24. The molecule has 112 valence electrons. The molecule has 0 fully saturated rings. The van der Waals surface area contributed by atoms with Crippen LogP contribution in [-0.2, 0) is 4.79 Å². The number of H-pyrrole nitrogens is 1. The zero-order valence-corrected chi connectivity index (χ0v) is 12.4. The fourth-order valence-electron chi connectivity index (χ4n) is 2.00. The number of hydrogen-bond donors (Lipinski definition) is 3. The quantitative estimate of drug-likeness (QED) is 0.766. The van der Waals surface area contributed by atoms with Gasteiger partial charge in [0.15, 0.2) is 0 Å². The summed E-state index contributed by atoms with van der Waals surface area (Å²) in [6, 6.07) is 0. The summed E-state index contributed by atoms with van der Waals surface area (Å²) in [5, 5.41) is 12.0. The van der Waals surface area contributed by atoms with E-state index in [1.165, 1.54) is 6.33 Å². The number of carbonyl (C=O) groups excluding carboxylic acids is 1. The summed E-state index contributed by atoms with van der Waals surface area (Å²) in [4.78, 5) is 42.2. The highest BCUT2D eigenvalue weighted by Gasteiger charge is 2.20. The molecule has 7 nitrogen and oxygen atoms in total. The molecule has 0 spiro atoms. The number of amides is 1. The average molecular weight is 309 g/mol. The van der Waals surface area contributed by atoms with Crippen molar-refractivity contribution in [1.82, 2.24) is 15.3 Å². The molecular weight excluding hydrogens is 294 g/mol. The van der Waals surface area contributed by atoms with Crippen LogP contribution in [0.3, 0.4) is 0 Å². The van der Waals surface area contributed by atoms with Crippen molar-refractivity contribution < 1.29 is 14.7 Å². The number of aryl methyl sites for hydroxylation is 1. The van der Waals surface area contributed by atoms with E-state index in [1.54, 1.807) is 13.8 Å². The molecular formula is C13H15N3O4S. The van der Waals surface area contributed by atoms with Crippen molar-refractivity contribution in [3.63, 3.8) is 0 Å². The van der Waals surface area contributed by atoms with Crippen LogP contribution in [0.2, 0.25) is 0 Å². The maximum Gasteiger partial charge on any atom is 0.308 e. The number of fused-ring (bicyclic) bond motifs is 1. The Morgan fingerprint density at radius 1 is 1.52 bits per heavy atom. The zero-order chi connectivity index (χ0) is 15.6. The lowest BCUT2D eigenvalue weighted by molar-refractivity contribution is -0.141.